The highest BCUT2D eigenvalue weighted by atomic mass is 16.5. The maximum atomic E-state index is 12.1. The number of hydrogen-bond donors (Lipinski definition) is 3. The third kappa shape index (κ3) is 7.11. The first kappa shape index (κ1) is 20.3. The van der Waals surface area contributed by atoms with E-state index in [-0.39, 0.29) is 18.2 Å². The average molecular weight is 351 g/mol. The molecule has 0 heterocycles. The Labute approximate surface area is 147 Å². The molecular formula is C17H25N3O5. The molecular weight excluding hydrogens is 326 g/mol. The zero-order valence-corrected chi connectivity index (χ0v) is 14.8. The molecule has 0 aromatic heterocycles. The van der Waals surface area contributed by atoms with Crippen LogP contribution >= 0.6 is 0 Å². The molecule has 0 unspecified atom stereocenters. The van der Waals surface area contributed by atoms with Crippen molar-refractivity contribution >= 4 is 17.7 Å². The molecule has 0 aliphatic heterocycles. The summed E-state index contributed by atoms with van der Waals surface area (Å²) in [6, 6.07) is 4.76. The number of nitrogens with one attached hydrogen (secondary N) is 3. The van der Waals surface area contributed by atoms with Crippen LogP contribution in [0.25, 0.3) is 0 Å². The number of benzene rings is 1. The number of methoxy groups -OCH3 is 1. The van der Waals surface area contributed by atoms with Crippen molar-refractivity contribution in [1.29, 1.82) is 0 Å². The number of ether oxygens (including phenoxy) is 2. The van der Waals surface area contributed by atoms with Gasteiger partial charge in [-0.25, -0.2) is 0 Å². The number of hydrogen-bond acceptors (Lipinski definition) is 5. The summed E-state index contributed by atoms with van der Waals surface area (Å²) in [4.78, 5) is 34.8. The van der Waals surface area contributed by atoms with Crippen molar-refractivity contribution in [2.75, 3.05) is 20.8 Å². The van der Waals surface area contributed by atoms with Gasteiger partial charge in [0.25, 0.3) is 5.91 Å². The van der Waals surface area contributed by atoms with E-state index in [0.29, 0.717) is 42.9 Å². The summed E-state index contributed by atoms with van der Waals surface area (Å²) < 4.78 is 10.6. The molecule has 3 amide bonds. The van der Waals surface area contributed by atoms with Crippen LogP contribution < -0.4 is 25.6 Å². The molecule has 0 saturated carbocycles. The Balaban J connectivity index is 2.43. The topological polar surface area (TPSA) is 106 Å². The Morgan fingerprint density at radius 3 is 2.28 bits per heavy atom. The van der Waals surface area contributed by atoms with Crippen LogP contribution in [0.3, 0.4) is 0 Å². The Morgan fingerprint density at radius 2 is 1.68 bits per heavy atom. The number of rotatable bonds is 9. The zero-order chi connectivity index (χ0) is 18.7. The maximum Gasteiger partial charge on any atom is 0.269 e. The number of amides is 3. The molecule has 8 heteroatoms. The third-order valence-electron chi connectivity index (χ3n) is 3.38. The highest BCUT2D eigenvalue weighted by molar-refractivity contribution is 5.96. The Hall–Kier alpha value is -2.77. The summed E-state index contributed by atoms with van der Waals surface area (Å²) in [5, 5.41) is 2.52. The smallest absolute Gasteiger partial charge is 0.269 e. The number of unbranched alkanes of at least 4 members (excludes halogenated alkanes) is 1. The lowest BCUT2D eigenvalue weighted by molar-refractivity contribution is -0.123. The quantitative estimate of drug-likeness (QED) is 0.457. The van der Waals surface area contributed by atoms with Gasteiger partial charge in [0, 0.05) is 25.5 Å². The molecule has 138 valence electrons. The van der Waals surface area contributed by atoms with Crippen molar-refractivity contribution in [3.8, 4) is 11.5 Å². The minimum Gasteiger partial charge on any atom is -0.493 e. The standard InChI is InChI=1S/C17H25N3O5/c1-4-25-13-10-9-12(11-14(13)24-3)17(23)20-19-16(22)8-6-5-7-15(21)18-2/h9-11H,4-8H2,1-3H3,(H,18,21)(H,19,22)(H,20,23). The first-order valence-corrected chi connectivity index (χ1v) is 8.12. The van der Waals surface area contributed by atoms with Crippen LogP contribution in [0.2, 0.25) is 0 Å². The van der Waals surface area contributed by atoms with Crippen LogP contribution in [0.4, 0.5) is 0 Å². The van der Waals surface area contributed by atoms with Crippen molar-refractivity contribution in [1.82, 2.24) is 16.2 Å². The van der Waals surface area contributed by atoms with Gasteiger partial charge in [-0.05, 0) is 38.0 Å². The van der Waals surface area contributed by atoms with Gasteiger partial charge in [0.2, 0.25) is 11.8 Å². The zero-order valence-electron chi connectivity index (χ0n) is 14.8. The predicted octanol–water partition coefficient (Wildman–Crippen LogP) is 1.16. The summed E-state index contributed by atoms with van der Waals surface area (Å²) in [5.41, 5.74) is 5.03. The molecule has 1 aromatic carbocycles. The van der Waals surface area contributed by atoms with Crippen LogP contribution in [-0.2, 0) is 9.59 Å². The molecule has 0 radical (unpaired) electrons. The number of carbonyl (C=O) groups excluding carboxylic acids is 3. The Morgan fingerprint density at radius 1 is 1.00 bits per heavy atom. The van der Waals surface area contributed by atoms with Gasteiger partial charge in [-0.1, -0.05) is 0 Å². The maximum absolute atomic E-state index is 12.1. The van der Waals surface area contributed by atoms with Crippen LogP contribution in [-0.4, -0.2) is 38.5 Å². The van der Waals surface area contributed by atoms with E-state index in [1.807, 2.05) is 6.92 Å². The van der Waals surface area contributed by atoms with Gasteiger partial charge in [0.1, 0.15) is 0 Å². The average Bonchev–Trinajstić information content (AvgIpc) is 2.63. The second-order valence-corrected chi connectivity index (χ2v) is 5.18. The molecule has 1 aromatic rings. The Kier molecular flexibility index (Phi) is 8.84. The SMILES string of the molecule is CCOc1ccc(C(=O)NNC(=O)CCCCC(=O)NC)cc1OC. The van der Waals surface area contributed by atoms with Crippen molar-refractivity contribution < 1.29 is 23.9 Å². The molecule has 0 aliphatic carbocycles. The predicted molar refractivity (Wildman–Crippen MR) is 92.3 cm³/mol. The fourth-order valence-electron chi connectivity index (χ4n) is 2.04. The molecule has 1 rings (SSSR count). The molecule has 0 spiro atoms. The number of hydrazine groups is 1. The van der Waals surface area contributed by atoms with Crippen LogP contribution in [0.5, 0.6) is 11.5 Å². The van der Waals surface area contributed by atoms with E-state index >= 15 is 0 Å². The van der Waals surface area contributed by atoms with E-state index in [1.54, 1.807) is 19.2 Å². The second kappa shape index (κ2) is 10.9. The molecule has 0 atom stereocenters. The molecule has 8 nitrogen and oxygen atoms in total. The van der Waals surface area contributed by atoms with E-state index < -0.39 is 5.91 Å². The highest BCUT2D eigenvalue weighted by Crippen LogP contribution is 2.27. The molecule has 3 N–H and O–H groups in total. The van der Waals surface area contributed by atoms with E-state index in [1.165, 1.54) is 13.2 Å². The van der Waals surface area contributed by atoms with Gasteiger partial charge in [-0.3, -0.25) is 25.2 Å². The third-order valence-corrected chi connectivity index (χ3v) is 3.38. The largest absolute Gasteiger partial charge is 0.493 e. The summed E-state index contributed by atoms with van der Waals surface area (Å²) in [5.74, 6) is 0.151. The summed E-state index contributed by atoms with van der Waals surface area (Å²) >= 11 is 0. The van der Waals surface area contributed by atoms with E-state index in [0.717, 1.165) is 0 Å². The van der Waals surface area contributed by atoms with Crippen LogP contribution in [0.15, 0.2) is 18.2 Å². The summed E-state index contributed by atoms with van der Waals surface area (Å²) in [6.07, 6.45) is 1.77. The molecule has 0 bridgehead atoms. The van der Waals surface area contributed by atoms with Gasteiger partial charge in [-0.2, -0.15) is 0 Å². The highest BCUT2D eigenvalue weighted by Gasteiger charge is 2.12. The van der Waals surface area contributed by atoms with Gasteiger partial charge >= 0.3 is 0 Å². The molecule has 0 aliphatic rings. The monoisotopic (exact) mass is 351 g/mol. The summed E-state index contributed by atoms with van der Waals surface area (Å²) in [6.45, 7) is 2.34. The van der Waals surface area contributed by atoms with Crippen molar-refractivity contribution in [3.63, 3.8) is 0 Å². The van der Waals surface area contributed by atoms with E-state index in [9.17, 15) is 14.4 Å². The first-order chi connectivity index (χ1) is 12.0. The van der Waals surface area contributed by atoms with Crippen LogP contribution in [0, 0.1) is 0 Å². The lowest BCUT2D eigenvalue weighted by atomic mass is 10.2. The minimum absolute atomic E-state index is 0.0573. The van der Waals surface area contributed by atoms with Gasteiger partial charge < -0.3 is 14.8 Å². The lowest BCUT2D eigenvalue weighted by Crippen LogP contribution is -2.41. The van der Waals surface area contributed by atoms with Gasteiger partial charge in [-0.15, -0.1) is 0 Å². The fraction of sp³-hybridized carbons (Fsp3) is 0.471. The minimum atomic E-state index is -0.458. The van der Waals surface area contributed by atoms with E-state index in [2.05, 4.69) is 16.2 Å². The molecule has 25 heavy (non-hydrogen) atoms. The Bertz CT molecular complexity index is 604. The van der Waals surface area contributed by atoms with E-state index in [4.69, 9.17) is 9.47 Å². The van der Waals surface area contributed by atoms with Crippen molar-refractivity contribution in [3.05, 3.63) is 23.8 Å². The molecule has 0 fully saturated rings. The van der Waals surface area contributed by atoms with Gasteiger partial charge in [0.05, 0.1) is 13.7 Å². The lowest BCUT2D eigenvalue weighted by Gasteiger charge is -2.11. The first-order valence-electron chi connectivity index (χ1n) is 8.12. The van der Waals surface area contributed by atoms with Gasteiger partial charge in [0.15, 0.2) is 11.5 Å². The normalized spacial score (nSPS) is 9.88. The number of carbonyl (C=O) groups is 3. The van der Waals surface area contributed by atoms with Crippen molar-refractivity contribution in [2.24, 2.45) is 0 Å². The second-order valence-electron chi connectivity index (χ2n) is 5.18. The summed E-state index contributed by atoms with van der Waals surface area (Å²) in [7, 11) is 3.06. The van der Waals surface area contributed by atoms with Crippen LogP contribution in [0.1, 0.15) is 43.0 Å². The molecule has 0 saturated heterocycles. The fourth-order valence-corrected chi connectivity index (χ4v) is 2.04. The van der Waals surface area contributed by atoms with Crippen molar-refractivity contribution in [2.45, 2.75) is 32.6 Å².